The minimum atomic E-state index is 0.0402. The molecule has 0 aromatic heterocycles. The van der Waals surface area contributed by atoms with Crippen LogP contribution in [0.2, 0.25) is 0 Å². The maximum Gasteiger partial charge on any atom is 0.0704 e. The Morgan fingerprint density at radius 1 is 0.633 bits per heavy atom. The minimum absolute atomic E-state index is 0.0402. The number of aliphatic hydroxyl groups excluding tert-OH is 1. The van der Waals surface area contributed by atoms with Gasteiger partial charge in [-0.15, -0.1) is 6.58 Å². The molecule has 1 N–H and O–H groups in total. The molecule has 0 fully saturated rings. The average molecular weight is 435 g/mol. The topological polar surface area (TPSA) is 75.6 Å². The molecule has 0 heterocycles. The molecule has 0 aliphatic carbocycles. The lowest BCUT2D eigenvalue weighted by Gasteiger charge is -2.13. The molecule has 0 bridgehead atoms. The molecule has 0 saturated heterocycles. The van der Waals surface area contributed by atoms with Crippen molar-refractivity contribution in [1.29, 1.82) is 0 Å². The molecule has 7 nitrogen and oxygen atoms in total. The zero-order chi connectivity index (χ0) is 22.0. The van der Waals surface area contributed by atoms with Crippen LogP contribution in [0.1, 0.15) is 51.9 Å². The molecule has 0 spiro atoms. The maximum atomic E-state index is 8.55. The number of ether oxygens (including phenoxy) is 6. The lowest BCUT2D eigenvalue weighted by atomic mass is 10.1. The van der Waals surface area contributed by atoms with Crippen LogP contribution in [0.15, 0.2) is 12.7 Å². The normalized spacial score (nSPS) is 12.3. The number of allylic oxidation sites excluding steroid dienone is 1. The summed E-state index contributed by atoms with van der Waals surface area (Å²) in [6, 6.07) is 0. The third-order valence-electron chi connectivity index (χ3n) is 4.37. The summed E-state index contributed by atoms with van der Waals surface area (Å²) in [6.07, 6.45) is 11.0. The van der Waals surface area contributed by atoms with Crippen LogP contribution >= 0.6 is 0 Å². The molecule has 30 heavy (non-hydrogen) atoms. The van der Waals surface area contributed by atoms with E-state index in [0.717, 1.165) is 12.8 Å². The summed E-state index contributed by atoms with van der Waals surface area (Å²) >= 11 is 0. The van der Waals surface area contributed by atoms with Crippen LogP contribution in [0.5, 0.6) is 0 Å². The summed E-state index contributed by atoms with van der Waals surface area (Å²) < 4.78 is 32.5. The first-order valence-electron chi connectivity index (χ1n) is 11.5. The van der Waals surface area contributed by atoms with Gasteiger partial charge < -0.3 is 33.5 Å². The Hall–Kier alpha value is -0.540. The zero-order valence-electron chi connectivity index (χ0n) is 19.2. The van der Waals surface area contributed by atoms with Crippen molar-refractivity contribution in [1.82, 2.24) is 0 Å². The highest BCUT2D eigenvalue weighted by molar-refractivity contribution is 4.65. The van der Waals surface area contributed by atoms with Gasteiger partial charge in [0.25, 0.3) is 0 Å². The molecule has 1 atom stereocenters. The van der Waals surface area contributed by atoms with E-state index in [1.165, 1.54) is 32.1 Å². The fraction of sp³-hybridized carbons (Fsp3) is 0.913. The van der Waals surface area contributed by atoms with Crippen LogP contribution in [0.3, 0.4) is 0 Å². The minimum Gasteiger partial charge on any atom is -0.394 e. The monoisotopic (exact) mass is 434 g/mol. The second kappa shape index (κ2) is 26.5. The summed E-state index contributed by atoms with van der Waals surface area (Å²) in [4.78, 5) is 0. The van der Waals surface area contributed by atoms with E-state index in [0.29, 0.717) is 78.8 Å². The van der Waals surface area contributed by atoms with E-state index >= 15 is 0 Å². The van der Waals surface area contributed by atoms with Gasteiger partial charge in [0.1, 0.15) is 0 Å². The van der Waals surface area contributed by atoms with Gasteiger partial charge in [-0.05, 0) is 26.2 Å². The molecular weight excluding hydrogens is 388 g/mol. The molecule has 7 heteroatoms. The fourth-order valence-corrected chi connectivity index (χ4v) is 2.69. The van der Waals surface area contributed by atoms with Crippen molar-refractivity contribution >= 4 is 0 Å². The zero-order valence-corrected chi connectivity index (χ0v) is 19.2. The van der Waals surface area contributed by atoms with Crippen LogP contribution in [-0.2, 0) is 28.4 Å². The van der Waals surface area contributed by atoms with E-state index in [-0.39, 0.29) is 6.61 Å². The number of unbranched alkanes of at least 4 members (excludes halogenated alkanes) is 5. The van der Waals surface area contributed by atoms with Gasteiger partial charge >= 0.3 is 0 Å². The lowest BCUT2D eigenvalue weighted by Crippen LogP contribution is -2.16. The summed E-state index contributed by atoms with van der Waals surface area (Å²) in [7, 11) is 0. The van der Waals surface area contributed by atoms with Gasteiger partial charge in [0, 0.05) is 0 Å². The molecule has 180 valence electrons. The Morgan fingerprint density at radius 3 is 1.57 bits per heavy atom. The molecule has 0 aliphatic rings. The van der Waals surface area contributed by atoms with Crippen LogP contribution in [0, 0.1) is 0 Å². The molecule has 0 rings (SSSR count). The fourth-order valence-electron chi connectivity index (χ4n) is 2.69. The first kappa shape index (κ1) is 29.5. The van der Waals surface area contributed by atoms with Gasteiger partial charge in [0.05, 0.1) is 85.4 Å². The van der Waals surface area contributed by atoms with E-state index in [1.807, 2.05) is 6.08 Å². The summed E-state index contributed by atoms with van der Waals surface area (Å²) in [5, 5.41) is 8.55. The summed E-state index contributed by atoms with van der Waals surface area (Å²) in [5.74, 6) is 0. The van der Waals surface area contributed by atoms with Crippen molar-refractivity contribution in [3.05, 3.63) is 12.7 Å². The lowest BCUT2D eigenvalue weighted by molar-refractivity contribution is -0.0248. The van der Waals surface area contributed by atoms with Crippen molar-refractivity contribution in [2.24, 2.45) is 0 Å². The van der Waals surface area contributed by atoms with E-state index < -0.39 is 0 Å². The van der Waals surface area contributed by atoms with Crippen molar-refractivity contribution in [2.45, 2.75) is 58.0 Å². The van der Waals surface area contributed by atoms with Gasteiger partial charge in [-0.25, -0.2) is 0 Å². The predicted molar refractivity (Wildman–Crippen MR) is 119 cm³/mol. The largest absolute Gasteiger partial charge is 0.394 e. The molecule has 0 amide bonds. The van der Waals surface area contributed by atoms with Gasteiger partial charge in [0.15, 0.2) is 0 Å². The van der Waals surface area contributed by atoms with E-state index in [1.54, 1.807) is 0 Å². The summed E-state index contributed by atoms with van der Waals surface area (Å²) in [5.41, 5.74) is 0. The molecule has 1 unspecified atom stereocenters. The Bertz CT molecular complexity index is 329. The highest BCUT2D eigenvalue weighted by Crippen LogP contribution is 2.10. The molecule has 0 aromatic carbocycles. The third-order valence-corrected chi connectivity index (χ3v) is 4.37. The van der Waals surface area contributed by atoms with Crippen LogP contribution in [-0.4, -0.2) is 90.5 Å². The Balaban J connectivity index is 3.11. The number of hydrogen-bond acceptors (Lipinski definition) is 7. The molecule has 0 saturated carbocycles. The van der Waals surface area contributed by atoms with Gasteiger partial charge in [-0.3, -0.25) is 0 Å². The standard InChI is InChI=1S/C23H46O7/c1-3-4-5-6-7-8-9-10-23(2)30-22-21-29-20-19-28-18-17-27-16-15-26-14-13-25-12-11-24/h3,23-24H,1,4-22H2,2H3. The smallest absolute Gasteiger partial charge is 0.0704 e. The Morgan fingerprint density at radius 2 is 1.07 bits per heavy atom. The Kier molecular flexibility index (Phi) is 26.0. The highest BCUT2D eigenvalue weighted by Gasteiger charge is 2.02. The van der Waals surface area contributed by atoms with Crippen molar-refractivity contribution in [3.8, 4) is 0 Å². The second-order valence-electron chi connectivity index (χ2n) is 7.10. The van der Waals surface area contributed by atoms with Crippen LogP contribution in [0.25, 0.3) is 0 Å². The predicted octanol–water partition coefficient (Wildman–Crippen LogP) is 3.38. The van der Waals surface area contributed by atoms with Gasteiger partial charge in [-0.2, -0.15) is 0 Å². The number of hydrogen-bond donors (Lipinski definition) is 1. The van der Waals surface area contributed by atoms with Crippen molar-refractivity contribution in [2.75, 3.05) is 79.3 Å². The SMILES string of the molecule is C=CCCCCCCCC(C)OCCOCCOCCOCCOCCOCCO. The van der Waals surface area contributed by atoms with E-state index in [2.05, 4.69) is 13.5 Å². The Labute approximate surface area is 184 Å². The van der Waals surface area contributed by atoms with E-state index in [4.69, 9.17) is 33.5 Å². The van der Waals surface area contributed by atoms with Crippen molar-refractivity contribution < 1.29 is 33.5 Å². The van der Waals surface area contributed by atoms with Crippen LogP contribution < -0.4 is 0 Å². The summed E-state index contributed by atoms with van der Waals surface area (Å²) in [6.45, 7) is 11.8. The van der Waals surface area contributed by atoms with Crippen LogP contribution in [0.4, 0.5) is 0 Å². The molecule has 0 aromatic rings. The first-order chi connectivity index (χ1) is 14.8. The average Bonchev–Trinajstić information content (AvgIpc) is 2.75. The quantitative estimate of drug-likeness (QED) is 0.165. The number of rotatable bonds is 26. The van der Waals surface area contributed by atoms with Gasteiger partial charge in [-0.1, -0.05) is 31.8 Å². The van der Waals surface area contributed by atoms with Gasteiger partial charge in [0.2, 0.25) is 0 Å². The second-order valence-corrected chi connectivity index (χ2v) is 7.10. The third kappa shape index (κ3) is 25.5. The number of aliphatic hydroxyl groups is 1. The van der Waals surface area contributed by atoms with Crippen molar-refractivity contribution in [3.63, 3.8) is 0 Å². The molecule has 0 radical (unpaired) electrons. The molecular formula is C23H46O7. The van der Waals surface area contributed by atoms with E-state index in [9.17, 15) is 0 Å². The first-order valence-corrected chi connectivity index (χ1v) is 11.5. The molecule has 0 aliphatic heterocycles. The maximum absolute atomic E-state index is 8.55. The highest BCUT2D eigenvalue weighted by atomic mass is 16.6.